The average molecular weight is 423 g/mol. The number of ether oxygens (including phenoxy) is 1. The van der Waals surface area contributed by atoms with Gasteiger partial charge in [-0.1, -0.05) is 6.07 Å². The summed E-state index contributed by atoms with van der Waals surface area (Å²) in [6.07, 6.45) is 6.26. The first-order valence-corrected chi connectivity index (χ1v) is 10.6. The first-order valence-electron chi connectivity index (χ1n) is 10.6. The molecule has 1 amide bonds. The van der Waals surface area contributed by atoms with Crippen LogP contribution in [-0.4, -0.2) is 36.5 Å². The molecule has 0 aromatic heterocycles. The maximum atomic E-state index is 12.4. The van der Waals surface area contributed by atoms with E-state index in [1.165, 1.54) is 23.3 Å². The molecule has 1 heterocycles. The van der Waals surface area contributed by atoms with Gasteiger partial charge < -0.3 is 15.0 Å². The lowest BCUT2D eigenvalue weighted by Crippen LogP contribution is -2.30. The van der Waals surface area contributed by atoms with Crippen LogP contribution >= 0.6 is 0 Å². The monoisotopic (exact) mass is 423 g/mol. The van der Waals surface area contributed by atoms with Crippen molar-refractivity contribution in [2.45, 2.75) is 38.5 Å². The second-order valence-electron chi connectivity index (χ2n) is 7.97. The van der Waals surface area contributed by atoms with Crippen molar-refractivity contribution >= 4 is 28.9 Å². The smallest absolute Gasteiger partial charge is 0.338 e. The van der Waals surface area contributed by atoms with E-state index in [-0.39, 0.29) is 11.3 Å². The van der Waals surface area contributed by atoms with Gasteiger partial charge in [0.2, 0.25) is 0 Å². The number of hydrogen-bond donors (Lipinski definition) is 1. The number of nitrogens with one attached hydrogen (secondary N) is 1. The zero-order chi connectivity index (χ0) is 21.8. The zero-order valence-corrected chi connectivity index (χ0v) is 17.3. The topological polar surface area (TPSA) is 102 Å². The lowest BCUT2D eigenvalue weighted by molar-refractivity contribution is -0.384. The number of esters is 1. The lowest BCUT2D eigenvalue weighted by Gasteiger charge is -2.28. The first kappa shape index (κ1) is 20.8. The van der Waals surface area contributed by atoms with Gasteiger partial charge in [-0.2, -0.15) is 0 Å². The molecule has 31 heavy (non-hydrogen) atoms. The van der Waals surface area contributed by atoms with Crippen molar-refractivity contribution in [1.29, 1.82) is 0 Å². The van der Waals surface area contributed by atoms with Crippen LogP contribution in [-0.2, 0) is 22.4 Å². The summed E-state index contributed by atoms with van der Waals surface area (Å²) in [5, 5.41) is 14.3. The zero-order valence-electron chi connectivity index (χ0n) is 17.3. The largest absolute Gasteiger partial charge is 0.452 e. The Kier molecular flexibility index (Phi) is 6.16. The SMILES string of the molecule is O=C(COC(=O)c1ccc(N2CCCCC2)c([N+](=O)[O-])c1)Nc1ccc2c(c1)CCC2. The summed E-state index contributed by atoms with van der Waals surface area (Å²) in [6.45, 7) is 1.05. The van der Waals surface area contributed by atoms with Crippen LogP contribution in [0.1, 0.15) is 47.2 Å². The van der Waals surface area contributed by atoms with Crippen LogP contribution < -0.4 is 10.2 Å². The fourth-order valence-electron chi connectivity index (χ4n) is 4.26. The molecular weight excluding hydrogens is 398 g/mol. The molecule has 2 aromatic carbocycles. The van der Waals surface area contributed by atoms with E-state index in [2.05, 4.69) is 5.32 Å². The molecule has 1 saturated heterocycles. The Labute approximate surface area is 180 Å². The summed E-state index contributed by atoms with van der Waals surface area (Å²) >= 11 is 0. The molecule has 4 rings (SSSR count). The fraction of sp³-hybridized carbons (Fsp3) is 0.391. The van der Waals surface area contributed by atoms with Crippen LogP contribution in [0.3, 0.4) is 0 Å². The average Bonchev–Trinajstić information content (AvgIpc) is 3.25. The summed E-state index contributed by atoms with van der Waals surface area (Å²) < 4.78 is 5.09. The third kappa shape index (κ3) is 4.84. The van der Waals surface area contributed by atoms with Gasteiger partial charge in [0.25, 0.3) is 11.6 Å². The van der Waals surface area contributed by atoms with Crippen LogP contribution in [0.15, 0.2) is 36.4 Å². The highest BCUT2D eigenvalue weighted by Crippen LogP contribution is 2.31. The number of fused-ring (bicyclic) bond motifs is 1. The Bertz CT molecular complexity index is 1010. The van der Waals surface area contributed by atoms with Gasteiger partial charge >= 0.3 is 5.97 Å². The van der Waals surface area contributed by atoms with E-state index in [4.69, 9.17) is 4.74 Å². The molecule has 8 heteroatoms. The van der Waals surface area contributed by atoms with Crippen molar-refractivity contribution < 1.29 is 19.2 Å². The van der Waals surface area contributed by atoms with Crippen molar-refractivity contribution in [2.24, 2.45) is 0 Å². The van der Waals surface area contributed by atoms with Crippen LogP contribution in [0.5, 0.6) is 0 Å². The van der Waals surface area contributed by atoms with Gasteiger partial charge in [0.05, 0.1) is 10.5 Å². The van der Waals surface area contributed by atoms with Crippen LogP contribution in [0.2, 0.25) is 0 Å². The number of hydrogen-bond acceptors (Lipinski definition) is 6. The summed E-state index contributed by atoms with van der Waals surface area (Å²) in [7, 11) is 0. The maximum absolute atomic E-state index is 12.4. The van der Waals surface area contributed by atoms with Gasteiger partial charge in [-0.3, -0.25) is 14.9 Å². The van der Waals surface area contributed by atoms with Gasteiger partial charge in [0, 0.05) is 24.8 Å². The molecule has 1 aliphatic carbocycles. The molecule has 2 aromatic rings. The quantitative estimate of drug-likeness (QED) is 0.430. The number of carbonyl (C=O) groups is 2. The van der Waals surface area contributed by atoms with Gasteiger partial charge in [0.1, 0.15) is 5.69 Å². The predicted octanol–water partition coefficient (Wildman–Crippen LogP) is 3.87. The molecule has 2 aliphatic rings. The standard InChI is InChI=1S/C23H25N3O5/c27-22(24-19-9-7-16-5-4-6-17(16)13-19)15-31-23(28)18-8-10-20(21(14-18)26(29)30)25-11-2-1-3-12-25/h7-10,13-14H,1-6,11-12,15H2,(H,24,27). The van der Waals surface area contributed by atoms with Crippen LogP contribution in [0, 0.1) is 10.1 Å². The first-order chi connectivity index (χ1) is 15.0. The van der Waals surface area contributed by atoms with E-state index in [0.29, 0.717) is 11.4 Å². The molecule has 0 atom stereocenters. The molecule has 0 bridgehead atoms. The summed E-state index contributed by atoms with van der Waals surface area (Å²) in [6, 6.07) is 10.1. The van der Waals surface area contributed by atoms with Gasteiger partial charge in [-0.05, 0) is 73.9 Å². The third-order valence-corrected chi connectivity index (χ3v) is 5.82. The summed E-state index contributed by atoms with van der Waals surface area (Å²) in [5.41, 5.74) is 3.64. The summed E-state index contributed by atoms with van der Waals surface area (Å²) in [4.78, 5) is 37.6. The lowest BCUT2D eigenvalue weighted by atomic mass is 10.1. The molecule has 0 spiro atoms. The van der Waals surface area contributed by atoms with E-state index < -0.39 is 23.4 Å². The molecular formula is C23H25N3O5. The van der Waals surface area contributed by atoms with E-state index in [0.717, 1.165) is 51.6 Å². The molecule has 1 aliphatic heterocycles. The van der Waals surface area contributed by atoms with E-state index in [1.807, 2.05) is 23.1 Å². The second kappa shape index (κ2) is 9.16. The van der Waals surface area contributed by atoms with Gasteiger partial charge in [0.15, 0.2) is 6.61 Å². The maximum Gasteiger partial charge on any atom is 0.338 e. The molecule has 0 unspecified atom stereocenters. The Hall–Kier alpha value is -3.42. The molecule has 1 fully saturated rings. The number of carbonyl (C=O) groups excluding carboxylic acids is 2. The van der Waals surface area contributed by atoms with Crippen LogP contribution in [0.25, 0.3) is 0 Å². The molecule has 162 valence electrons. The highest BCUT2D eigenvalue weighted by Gasteiger charge is 2.24. The Morgan fingerprint density at radius 3 is 2.55 bits per heavy atom. The number of nitrogens with zero attached hydrogens (tertiary/aromatic N) is 2. The number of nitro groups is 1. The second-order valence-corrected chi connectivity index (χ2v) is 7.97. The molecule has 8 nitrogen and oxygen atoms in total. The third-order valence-electron chi connectivity index (χ3n) is 5.82. The molecule has 1 N–H and O–H groups in total. The Balaban J connectivity index is 1.38. The number of nitro benzene ring substituents is 1. The number of benzene rings is 2. The van der Waals surface area contributed by atoms with Crippen LogP contribution in [0.4, 0.5) is 17.1 Å². The fourth-order valence-corrected chi connectivity index (χ4v) is 4.26. The number of rotatable bonds is 6. The van der Waals surface area contributed by atoms with Crippen molar-refractivity contribution in [1.82, 2.24) is 0 Å². The van der Waals surface area contributed by atoms with E-state index in [1.54, 1.807) is 6.07 Å². The minimum Gasteiger partial charge on any atom is -0.452 e. The number of amides is 1. The Morgan fingerprint density at radius 2 is 1.77 bits per heavy atom. The number of anilines is 2. The van der Waals surface area contributed by atoms with Crippen molar-refractivity contribution in [3.8, 4) is 0 Å². The highest BCUT2D eigenvalue weighted by atomic mass is 16.6. The van der Waals surface area contributed by atoms with Gasteiger partial charge in [-0.15, -0.1) is 0 Å². The summed E-state index contributed by atoms with van der Waals surface area (Å²) in [5.74, 6) is -1.22. The van der Waals surface area contributed by atoms with E-state index in [9.17, 15) is 19.7 Å². The van der Waals surface area contributed by atoms with E-state index >= 15 is 0 Å². The van der Waals surface area contributed by atoms with Crippen molar-refractivity contribution in [2.75, 3.05) is 29.9 Å². The van der Waals surface area contributed by atoms with Crippen molar-refractivity contribution in [3.63, 3.8) is 0 Å². The van der Waals surface area contributed by atoms with Crippen molar-refractivity contribution in [3.05, 3.63) is 63.2 Å². The normalized spacial score (nSPS) is 15.3. The highest BCUT2D eigenvalue weighted by molar-refractivity contribution is 5.96. The number of aryl methyl sites for hydroxylation is 2. The Morgan fingerprint density at radius 1 is 1.00 bits per heavy atom. The van der Waals surface area contributed by atoms with Gasteiger partial charge in [-0.25, -0.2) is 4.79 Å². The molecule has 0 saturated carbocycles. The number of piperidine rings is 1. The minimum absolute atomic E-state index is 0.0535. The minimum atomic E-state index is -0.766. The predicted molar refractivity (Wildman–Crippen MR) is 117 cm³/mol. The molecule has 0 radical (unpaired) electrons.